The third-order valence-electron chi connectivity index (χ3n) is 5.49. The monoisotopic (exact) mass is 386 g/mol. The molecule has 2 aliphatic rings. The zero-order chi connectivity index (χ0) is 19.7. The Bertz CT molecular complexity index is 867. The molecule has 9 nitrogen and oxygen atoms in total. The van der Waals surface area contributed by atoms with E-state index in [1.54, 1.807) is 21.9 Å². The summed E-state index contributed by atoms with van der Waals surface area (Å²) >= 11 is 0. The van der Waals surface area contributed by atoms with E-state index >= 15 is 0 Å². The second kappa shape index (κ2) is 7.49. The van der Waals surface area contributed by atoms with Gasteiger partial charge in [0, 0.05) is 32.3 Å². The lowest BCUT2D eigenvalue weighted by molar-refractivity contribution is -0.137. The number of rotatable bonds is 5. The van der Waals surface area contributed by atoms with Gasteiger partial charge in [-0.25, -0.2) is 4.79 Å². The third-order valence-corrected chi connectivity index (χ3v) is 5.49. The van der Waals surface area contributed by atoms with Crippen molar-refractivity contribution in [3.63, 3.8) is 0 Å². The minimum atomic E-state index is -0.996. The molecule has 148 valence electrons. The number of amides is 2. The van der Waals surface area contributed by atoms with Gasteiger partial charge in [0.05, 0.1) is 36.5 Å². The summed E-state index contributed by atoms with van der Waals surface area (Å²) in [5, 5.41) is 13.1. The Balaban J connectivity index is 1.31. The topological polar surface area (TPSA) is 109 Å². The highest BCUT2D eigenvalue weighted by Crippen LogP contribution is 2.27. The number of furan rings is 1. The summed E-state index contributed by atoms with van der Waals surface area (Å²) in [6, 6.07) is 3.68. The lowest BCUT2D eigenvalue weighted by atomic mass is 10.0. The zero-order valence-corrected chi connectivity index (χ0v) is 15.4. The average molecular weight is 386 g/mol. The van der Waals surface area contributed by atoms with Crippen LogP contribution < -0.4 is 0 Å². The molecule has 0 spiro atoms. The number of carbonyl (C=O) groups excluding carboxylic acids is 2. The van der Waals surface area contributed by atoms with Crippen molar-refractivity contribution < 1.29 is 23.9 Å². The first-order valence-electron chi connectivity index (χ1n) is 9.37. The van der Waals surface area contributed by atoms with E-state index in [1.807, 2.05) is 11.0 Å². The highest BCUT2D eigenvalue weighted by atomic mass is 16.4. The molecule has 4 rings (SSSR count). The van der Waals surface area contributed by atoms with Gasteiger partial charge in [-0.2, -0.15) is 5.10 Å². The van der Waals surface area contributed by atoms with Gasteiger partial charge in [0.1, 0.15) is 5.76 Å². The van der Waals surface area contributed by atoms with E-state index < -0.39 is 5.97 Å². The summed E-state index contributed by atoms with van der Waals surface area (Å²) in [7, 11) is 0. The van der Waals surface area contributed by atoms with E-state index in [0.717, 1.165) is 0 Å². The SMILES string of the molecule is O=C(O)c1cnn(C2CCN(C(=O)C3CC(=O)N(Cc4ccco4)C3)CC2)c1. The molecule has 1 N–H and O–H groups in total. The molecule has 0 saturated carbocycles. The molecule has 2 aromatic rings. The Morgan fingerprint density at radius 1 is 1.29 bits per heavy atom. The number of aromatic nitrogens is 2. The van der Waals surface area contributed by atoms with E-state index in [2.05, 4.69) is 5.10 Å². The summed E-state index contributed by atoms with van der Waals surface area (Å²) in [5.41, 5.74) is 0.166. The fourth-order valence-electron chi connectivity index (χ4n) is 3.94. The molecular weight excluding hydrogens is 364 g/mol. The first-order chi connectivity index (χ1) is 13.5. The van der Waals surface area contributed by atoms with Crippen LogP contribution in [0.1, 0.15) is 41.4 Å². The molecule has 2 aromatic heterocycles. The van der Waals surface area contributed by atoms with Crippen LogP contribution in [0.25, 0.3) is 0 Å². The summed E-state index contributed by atoms with van der Waals surface area (Å²) in [5.74, 6) is -0.615. The Morgan fingerprint density at radius 2 is 2.07 bits per heavy atom. The summed E-state index contributed by atoms with van der Waals surface area (Å²) in [6.45, 7) is 1.96. The van der Waals surface area contributed by atoms with Gasteiger partial charge in [-0.15, -0.1) is 0 Å². The van der Waals surface area contributed by atoms with E-state index in [9.17, 15) is 14.4 Å². The Kier molecular flexibility index (Phi) is 4.89. The van der Waals surface area contributed by atoms with Crippen molar-refractivity contribution in [1.29, 1.82) is 0 Å². The number of hydrogen-bond donors (Lipinski definition) is 1. The van der Waals surface area contributed by atoms with E-state index in [-0.39, 0.29) is 35.8 Å². The molecule has 0 aromatic carbocycles. The molecule has 28 heavy (non-hydrogen) atoms. The van der Waals surface area contributed by atoms with Crippen molar-refractivity contribution in [1.82, 2.24) is 19.6 Å². The van der Waals surface area contributed by atoms with Gasteiger partial charge in [-0.1, -0.05) is 0 Å². The van der Waals surface area contributed by atoms with Crippen molar-refractivity contribution in [3.05, 3.63) is 42.1 Å². The predicted octanol–water partition coefficient (Wildman–Crippen LogP) is 1.39. The minimum absolute atomic E-state index is 0.0143. The van der Waals surface area contributed by atoms with Crippen LogP contribution in [0.4, 0.5) is 0 Å². The summed E-state index contributed by atoms with van der Waals surface area (Å²) < 4.78 is 6.97. The van der Waals surface area contributed by atoms with Crippen molar-refractivity contribution in [3.8, 4) is 0 Å². The van der Waals surface area contributed by atoms with Crippen LogP contribution in [0, 0.1) is 5.92 Å². The van der Waals surface area contributed by atoms with Gasteiger partial charge in [-0.3, -0.25) is 14.3 Å². The first kappa shape index (κ1) is 18.3. The van der Waals surface area contributed by atoms with E-state index in [1.165, 1.54) is 12.4 Å². The molecule has 0 aliphatic carbocycles. The molecule has 9 heteroatoms. The molecule has 1 atom stereocenters. The van der Waals surface area contributed by atoms with Gasteiger partial charge in [0.15, 0.2) is 0 Å². The number of piperidine rings is 1. The van der Waals surface area contributed by atoms with Crippen LogP contribution in [-0.4, -0.2) is 62.1 Å². The van der Waals surface area contributed by atoms with Gasteiger partial charge in [0.25, 0.3) is 0 Å². The van der Waals surface area contributed by atoms with Gasteiger partial charge in [-0.05, 0) is 25.0 Å². The maximum absolute atomic E-state index is 12.9. The Morgan fingerprint density at radius 3 is 2.71 bits per heavy atom. The van der Waals surface area contributed by atoms with Gasteiger partial charge < -0.3 is 19.3 Å². The molecule has 2 saturated heterocycles. The van der Waals surface area contributed by atoms with Crippen LogP contribution in [0.15, 0.2) is 35.2 Å². The molecule has 2 fully saturated rings. The molecule has 2 aliphatic heterocycles. The van der Waals surface area contributed by atoms with Crippen molar-refractivity contribution in [2.24, 2.45) is 5.92 Å². The summed E-state index contributed by atoms with van der Waals surface area (Å²) in [4.78, 5) is 39.6. The highest BCUT2D eigenvalue weighted by molar-refractivity contribution is 5.89. The molecule has 0 bridgehead atoms. The molecular formula is C19H22N4O5. The smallest absolute Gasteiger partial charge is 0.338 e. The lowest BCUT2D eigenvalue weighted by Gasteiger charge is -2.33. The average Bonchev–Trinajstić information content (AvgIpc) is 3.43. The van der Waals surface area contributed by atoms with Crippen LogP contribution in [0.3, 0.4) is 0 Å². The standard InChI is InChI=1S/C19H22N4O5/c24-17-8-13(10-22(17)12-16-2-1-7-28-16)18(25)21-5-3-15(4-6-21)23-11-14(9-20-23)19(26)27/h1-2,7,9,11,13,15H,3-6,8,10,12H2,(H,26,27). The molecule has 4 heterocycles. The number of aromatic carboxylic acids is 1. The number of carboxylic acid groups (broad SMARTS) is 1. The number of carbonyl (C=O) groups is 3. The maximum atomic E-state index is 12.9. The van der Waals surface area contributed by atoms with Crippen LogP contribution >= 0.6 is 0 Å². The number of nitrogens with zero attached hydrogens (tertiary/aromatic N) is 4. The zero-order valence-electron chi connectivity index (χ0n) is 15.4. The van der Waals surface area contributed by atoms with Crippen LogP contribution in [0.5, 0.6) is 0 Å². The normalized spacial score (nSPS) is 20.7. The highest BCUT2D eigenvalue weighted by Gasteiger charge is 2.37. The largest absolute Gasteiger partial charge is 0.478 e. The first-order valence-corrected chi connectivity index (χ1v) is 9.37. The summed E-state index contributed by atoms with van der Waals surface area (Å²) in [6.07, 6.45) is 6.11. The fourth-order valence-corrected chi connectivity index (χ4v) is 3.94. The molecule has 1 unspecified atom stereocenters. The Hall–Kier alpha value is -3.10. The van der Waals surface area contributed by atoms with E-state index in [4.69, 9.17) is 9.52 Å². The van der Waals surface area contributed by atoms with Crippen molar-refractivity contribution in [2.75, 3.05) is 19.6 Å². The lowest BCUT2D eigenvalue weighted by Crippen LogP contribution is -2.42. The van der Waals surface area contributed by atoms with Crippen LogP contribution in [-0.2, 0) is 16.1 Å². The third kappa shape index (κ3) is 3.64. The minimum Gasteiger partial charge on any atom is -0.478 e. The van der Waals surface area contributed by atoms with E-state index in [0.29, 0.717) is 44.8 Å². The number of hydrogen-bond acceptors (Lipinski definition) is 5. The fraction of sp³-hybridized carbons (Fsp3) is 0.474. The predicted molar refractivity (Wildman–Crippen MR) is 96.3 cm³/mol. The second-order valence-corrected chi connectivity index (χ2v) is 7.33. The Labute approximate surface area is 161 Å². The van der Waals surface area contributed by atoms with Gasteiger partial charge >= 0.3 is 5.97 Å². The molecule has 2 amide bonds. The maximum Gasteiger partial charge on any atom is 0.338 e. The quantitative estimate of drug-likeness (QED) is 0.832. The van der Waals surface area contributed by atoms with Crippen LogP contribution in [0.2, 0.25) is 0 Å². The number of likely N-dealkylation sites (tertiary alicyclic amines) is 2. The van der Waals surface area contributed by atoms with Gasteiger partial charge in [0.2, 0.25) is 11.8 Å². The van der Waals surface area contributed by atoms with Crippen molar-refractivity contribution >= 4 is 17.8 Å². The molecule has 0 radical (unpaired) electrons. The van der Waals surface area contributed by atoms with Crippen molar-refractivity contribution in [2.45, 2.75) is 31.8 Å². The number of carboxylic acids is 1. The second-order valence-electron chi connectivity index (χ2n) is 7.33.